The van der Waals surface area contributed by atoms with E-state index in [1.54, 1.807) is 12.4 Å². The maximum atomic E-state index is 11.0. The molecule has 186 valence electrons. The largest absolute Gasteiger partial charge is 0.481 e. The molecule has 2 atom stereocenters. The minimum absolute atomic E-state index is 0.0117. The number of halogens is 1. The Morgan fingerprint density at radius 2 is 1.95 bits per heavy atom. The van der Waals surface area contributed by atoms with E-state index < -0.39 is 5.97 Å². The number of dihydropyridines is 1. The summed E-state index contributed by atoms with van der Waals surface area (Å²) in [7, 11) is 0. The van der Waals surface area contributed by atoms with Gasteiger partial charge in [0.1, 0.15) is 4.83 Å². The molecular weight excluding hydrogens is 550 g/mol. The number of carbonyl (C=O) groups is 1. The average molecular weight is 575 g/mol. The van der Waals surface area contributed by atoms with Crippen molar-refractivity contribution in [2.24, 2.45) is 9.98 Å². The lowest BCUT2D eigenvalue weighted by molar-refractivity contribution is -0.136. The molecule has 7 nitrogen and oxygen atoms in total. The highest BCUT2D eigenvalue weighted by atomic mass is 79.9. The lowest BCUT2D eigenvalue weighted by Gasteiger charge is -2.19. The van der Waals surface area contributed by atoms with Crippen molar-refractivity contribution in [1.29, 1.82) is 5.41 Å². The molecule has 37 heavy (non-hydrogen) atoms. The highest BCUT2D eigenvalue weighted by Gasteiger charge is 2.27. The normalized spacial score (nSPS) is 19.6. The zero-order valence-corrected chi connectivity index (χ0v) is 22.2. The van der Waals surface area contributed by atoms with Gasteiger partial charge in [0.2, 0.25) is 0 Å². The van der Waals surface area contributed by atoms with E-state index in [4.69, 9.17) is 20.5 Å². The van der Waals surface area contributed by atoms with Crippen LogP contribution in [-0.2, 0) is 11.2 Å². The number of carboxylic acids is 1. The van der Waals surface area contributed by atoms with Gasteiger partial charge in [-0.05, 0) is 48.7 Å². The summed E-state index contributed by atoms with van der Waals surface area (Å²) in [6, 6.07) is 15.4. The Bertz CT molecular complexity index is 1400. The summed E-state index contributed by atoms with van der Waals surface area (Å²) in [5, 5.41) is 18.4. The first-order valence-corrected chi connectivity index (χ1v) is 13.6. The summed E-state index contributed by atoms with van der Waals surface area (Å²) in [6.07, 6.45) is 9.40. The number of aliphatic imine (C=N–C) groups is 2. The molecule has 2 aliphatic heterocycles. The first-order valence-electron chi connectivity index (χ1n) is 11.9. The molecule has 0 saturated heterocycles. The number of nitrogens with zero attached hydrogens (tertiary/aromatic N) is 4. The number of allylic oxidation sites excluding steroid dienone is 1. The number of aliphatic carboxylic acids is 1. The molecule has 1 aromatic carbocycles. The molecule has 0 aliphatic carbocycles. The van der Waals surface area contributed by atoms with Gasteiger partial charge in [0.05, 0.1) is 28.9 Å². The molecule has 0 radical (unpaired) electrons. The standard InChI is InChI=1S/C28H24BrN5O2S/c29-27-23(30)9-6-20-13-25(34-28(27)37-21-7-3-17(4-8-21)12-26(35)36)22(16-32-20)18-5-10-24(33-15-18)19-2-1-11-31-14-19/h1-5,7-8,10-11,14-16,20,27,30H,6,9,12-13H2,(H,35,36). The molecule has 0 spiro atoms. The van der Waals surface area contributed by atoms with Gasteiger partial charge >= 0.3 is 5.97 Å². The number of carboxylic acid groups (broad SMARTS) is 1. The fourth-order valence-electron chi connectivity index (χ4n) is 4.23. The van der Waals surface area contributed by atoms with Gasteiger partial charge in [0, 0.05) is 58.5 Å². The van der Waals surface area contributed by atoms with Crippen LogP contribution in [0.1, 0.15) is 30.4 Å². The lowest BCUT2D eigenvalue weighted by atomic mass is 9.96. The van der Waals surface area contributed by atoms with Crippen LogP contribution in [-0.4, -0.2) is 48.9 Å². The van der Waals surface area contributed by atoms with Gasteiger partial charge in [-0.25, -0.2) is 4.99 Å². The molecule has 2 aliphatic rings. The van der Waals surface area contributed by atoms with Crippen molar-refractivity contribution in [1.82, 2.24) is 9.97 Å². The quantitative estimate of drug-likeness (QED) is 0.358. The van der Waals surface area contributed by atoms with Crippen LogP contribution < -0.4 is 0 Å². The second kappa shape index (κ2) is 11.3. The second-order valence-corrected chi connectivity index (χ2v) is 10.9. The fourth-order valence-corrected chi connectivity index (χ4v) is 5.76. The second-order valence-electron chi connectivity index (χ2n) is 8.86. The molecule has 2 aromatic heterocycles. The minimum atomic E-state index is -0.856. The van der Waals surface area contributed by atoms with Crippen LogP contribution in [0.25, 0.3) is 16.8 Å². The summed E-state index contributed by atoms with van der Waals surface area (Å²) < 4.78 is 0. The summed E-state index contributed by atoms with van der Waals surface area (Å²) in [4.78, 5) is 30.4. The highest BCUT2D eigenvalue weighted by molar-refractivity contribution is 9.10. The van der Waals surface area contributed by atoms with Gasteiger partial charge in [-0.3, -0.25) is 19.8 Å². The van der Waals surface area contributed by atoms with E-state index >= 15 is 0 Å². The third-order valence-electron chi connectivity index (χ3n) is 6.20. The van der Waals surface area contributed by atoms with Gasteiger partial charge in [-0.15, -0.1) is 0 Å². The molecule has 3 aromatic rings. The molecule has 4 heterocycles. The van der Waals surface area contributed by atoms with E-state index in [-0.39, 0.29) is 17.3 Å². The summed E-state index contributed by atoms with van der Waals surface area (Å²) in [5.41, 5.74) is 5.93. The van der Waals surface area contributed by atoms with Gasteiger partial charge < -0.3 is 10.5 Å². The number of benzene rings is 1. The summed E-state index contributed by atoms with van der Waals surface area (Å²) in [6.45, 7) is 0. The Balaban J connectivity index is 1.49. The van der Waals surface area contributed by atoms with Crippen molar-refractivity contribution in [2.45, 2.75) is 41.4 Å². The van der Waals surface area contributed by atoms with Crippen molar-refractivity contribution in [3.63, 3.8) is 0 Å². The molecule has 5 rings (SSSR count). The van der Waals surface area contributed by atoms with Crippen LogP contribution in [0.4, 0.5) is 0 Å². The third kappa shape index (κ3) is 6.11. The van der Waals surface area contributed by atoms with Crippen LogP contribution in [0.5, 0.6) is 0 Å². The summed E-state index contributed by atoms with van der Waals surface area (Å²) >= 11 is 5.21. The molecule has 0 amide bonds. The summed E-state index contributed by atoms with van der Waals surface area (Å²) in [5.74, 6) is -0.856. The maximum Gasteiger partial charge on any atom is 0.307 e. The van der Waals surface area contributed by atoms with E-state index in [0.29, 0.717) is 18.6 Å². The first-order chi connectivity index (χ1) is 18.0. The molecule has 9 heteroatoms. The number of alkyl halides is 1. The topological polar surface area (TPSA) is 112 Å². The molecule has 0 fully saturated rings. The van der Waals surface area contributed by atoms with Crippen molar-refractivity contribution < 1.29 is 9.90 Å². The minimum Gasteiger partial charge on any atom is -0.481 e. The molecule has 2 unspecified atom stereocenters. The van der Waals surface area contributed by atoms with E-state index in [2.05, 4.69) is 25.9 Å². The number of rotatable bonds is 5. The van der Waals surface area contributed by atoms with Crippen LogP contribution in [0.2, 0.25) is 0 Å². The highest BCUT2D eigenvalue weighted by Crippen LogP contribution is 2.34. The predicted octanol–water partition coefficient (Wildman–Crippen LogP) is 6.09. The molecule has 2 bridgehead atoms. The maximum absolute atomic E-state index is 11.0. The number of thioether (sulfide) groups is 1. The zero-order chi connectivity index (χ0) is 25.8. The van der Waals surface area contributed by atoms with E-state index in [1.165, 1.54) is 11.8 Å². The van der Waals surface area contributed by atoms with E-state index in [9.17, 15) is 4.79 Å². The predicted molar refractivity (Wildman–Crippen MR) is 152 cm³/mol. The Morgan fingerprint density at radius 1 is 1.11 bits per heavy atom. The van der Waals surface area contributed by atoms with Crippen molar-refractivity contribution in [2.75, 3.05) is 0 Å². The van der Waals surface area contributed by atoms with E-state index in [0.717, 1.165) is 50.0 Å². The Hall–Kier alpha value is -3.43. The van der Waals surface area contributed by atoms with Crippen LogP contribution in [0.15, 0.2) is 87.7 Å². The number of aromatic nitrogens is 2. The van der Waals surface area contributed by atoms with Crippen LogP contribution in [0.3, 0.4) is 0 Å². The molecule has 0 saturated carbocycles. The first kappa shape index (κ1) is 25.2. The molecular formula is C28H24BrN5O2S. The van der Waals surface area contributed by atoms with Gasteiger partial charge in [-0.2, -0.15) is 0 Å². The van der Waals surface area contributed by atoms with Crippen LogP contribution >= 0.6 is 27.7 Å². The fraction of sp³-hybridized carbons (Fsp3) is 0.214. The monoisotopic (exact) mass is 573 g/mol. The van der Waals surface area contributed by atoms with Gasteiger partial charge in [-0.1, -0.05) is 45.9 Å². The lowest BCUT2D eigenvalue weighted by Crippen LogP contribution is -2.21. The van der Waals surface area contributed by atoms with Gasteiger partial charge in [0.25, 0.3) is 0 Å². The number of nitrogens with one attached hydrogen (secondary N) is 1. The zero-order valence-electron chi connectivity index (χ0n) is 19.8. The smallest absolute Gasteiger partial charge is 0.307 e. The third-order valence-corrected chi connectivity index (χ3v) is 8.54. The van der Waals surface area contributed by atoms with E-state index in [1.807, 2.05) is 60.9 Å². The Labute approximate surface area is 227 Å². The average Bonchev–Trinajstić information content (AvgIpc) is 2.95. The van der Waals surface area contributed by atoms with Gasteiger partial charge in [0.15, 0.2) is 0 Å². The number of hydrogen-bond donors (Lipinski definition) is 2. The number of fused-ring (bicyclic) bond motifs is 2. The Morgan fingerprint density at radius 3 is 2.65 bits per heavy atom. The number of pyridine rings is 2. The molecule has 2 N–H and O–H groups in total. The Kier molecular flexibility index (Phi) is 7.71. The van der Waals surface area contributed by atoms with Crippen molar-refractivity contribution in [3.05, 3.63) is 83.9 Å². The van der Waals surface area contributed by atoms with Crippen LogP contribution in [0, 0.1) is 5.41 Å². The van der Waals surface area contributed by atoms with Crippen molar-refractivity contribution >= 4 is 56.2 Å². The number of hydrogen-bond acceptors (Lipinski definition) is 7. The SMILES string of the molecule is N=C1CCC2CC(=C(c3ccc(-c4cccnc4)nc3)C=N2)N=C(Sc2ccc(CC(=O)O)cc2)C1Br. The van der Waals surface area contributed by atoms with Crippen molar-refractivity contribution in [3.8, 4) is 11.3 Å².